The summed E-state index contributed by atoms with van der Waals surface area (Å²) in [6.45, 7) is 4.60. The first-order chi connectivity index (χ1) is 13.7. The largest absolute Gasteiger partial charge is 0.478 e. The average molecular weight is 403 g/mol. The van der Waals surface area contributed by atoms with Crippen molar-refractivity contribution in [3.63, 3.8) is 0 Å². The third-order valence-electron chi connectivity index (χ3n) is 3.60. The molecule has 29 heavy (non-hydrogen) atoms. The number of fused-ring (bicyclic) bond motifs is 3. The topological polar surface area (TPSA) is 158 Å². The molecule has 0 bridgehead atoms. The minimum atomic E-state index is -1.26. The van der Waals surface area contributed by atoms with Crippen molar-refractivity contribution in [3.8, 4) is 0 Å². The Labute approximate surface area is 165 Å². The minimum Gasteiger partial charge on any atom is -0.478 e. The fourth-order valence-corrected chi connectivity index (χ4v) is 2.55. The van der Waals surface area contributed by atoms with E-state index in [0.29, 0.717) is 30.9 Å². The second-order valence-electron chi connectivity index (χ2n) is 6.06. The first kappa shape index (κ1) is 21.6. The quantitative estimate of drug-likeness (QED) is 0.413. The highest BCUT2D eigenvalue weighted by Crippen LogP contribution is 2.28. The van der Waals surface area contributed by atoms with Gasteiger partial charge in [-0.15, -0.1) is 0 Å². The van der Waals surface area contributed by atoms with Crippen LogP contribution in [0.4, 0.5) is 0 Å². The van der Waals surface area contributed by atoms with E-state index in [1.54, 1.807) is 19.2 Å². The lowest BCUT2D eigenvalue weighted by molar-refractivity contribution is -0.134. The Balaban J connectivity index is 0.000000321. The lowest BCUT2D eigenvalue weighted by Gasteiger charge is -2.06. The van der Waals surface area contributed by atoms with E-state index in [9.17, 15) is 14.4 Å². The summed E-state index contributed by atoms with van der Waals surface area (Å²) in [5.74, 6) is -2.77. The zero-order valence-electron chi connectivity index (χ0n) is 15.9. The molecule has 0 unspecified atom stereocenters. The second kappa shape index (κ2) is 9.51. The predicted molar refractivity (Wildman–Crippen MR) is 104 cm³/mol. The molecule has 0 aliphatic rings. The number of furan rings is 1. The lowest BCUT2D eigenvalue weighted by Crippen LogP contribution is -2.22. The third-order valence-corrected chi connectivity index (χ3v) is 3.60. The van der Waals surface area contributed by atoms with E-state index in [1.807, 2.05) is 23.7 Å². The van der Waals surface area contributed by atoms with E-state index < -0.39 is 17.9 Å². The maximum Gasteiger partial charge on any atom is 0.374 e. The number of hydrogen-bond donors (Lipinski definition) is 3. The molecule has 0 fully saturated rings. The molecule has 0 radical (unpaired) electrons. The Hall–Kier alpha value is -3.66. The van der Waals surface area contributed by atoms with E-state index in [-0.39, 0.29) is 11.8 Å². The van der Waals surface area contributed by atoms with Crippen LogP contribution in [0.25, 0.3) is 21.9 Å². The number of carboxylic acid groups (broad SMARTS) is 2. The monoisotopic (exact) mass is 403 g/mol. The normalized spacial score (nSPS) is 12.0. The number of esters is 1. The number of carbonyl (C=O) groups is 3. The Bertz CT molecular complexity index is 1050. The van der Waals surface area contributed by atoms with Gasteiger partial charge in [0.2, 0.25) is 5.76 Å². The molecule has 1 atom stereocenters. The molecule has 3 rings (SSSR count). The number of hydrogen-bond acceptors (Lipinski definition) is 7. The van der Waals surface area contributed by atoms with Crippen LogP contribution >= 0.6 is 0 Å². The summed E-state index contributed by atoms with van der Waals surface area (Å²) >= 11 is 0. The van der Waals surface area contributed by atoms with Gasteiger partial charge in [-0.05, 0) is 26.0 Å². The number of aromatic nitrogens is 2. The molecule has 4 N–H and O–H groups in total. The average Bonchev–Trinajstić information content (AvgIpc) is 3.24. The van der Waals surface area contributed by atoms with Crippen LogP contribution in [-0.4, -0.2) is 50.6 Å². The van der Waals surface area contributed by atoms with Crippen LogP contribution in [0.3, 0.4) is 0 Å². The molecule has 0 spiro atoms. The van der Waals surface area contributed by atoms with Gasteiger partial charge in [0.1, 0.15) is 5.58 Å². The predicted octanol–water partition coefficient (Wildman–Crippen LogP) is 2.02. The van der Waals surface area contributed by atoms with Gasteiger partial charge in [0.25, 0.3) is 0 Å². The first-order valence-corrected chi connectivity index (χ1v) is 8.67. The van der Waals surface area contributed by atoms with Gasteiger partial charge >= 0.3 is 17.9 Å². The molecule has 3 aromatic rings. The van der Waals surface area contributed by atoms with E-state index in [2.05, 4.69) is 5.10 Å². The van der Waals surface area contributed by atoms with Crippen molar-refractivity contribution < 1.29 is 33.8 Å². The van der Waals surface area contributed by atoms with Crippen molar-refractivity contribution in [2.45, 2.75) is 26.4 Å². The summed E-state index contributed by atoms with van der Waals surface area (Å²) in [5, 5.41) is 21.8. The van der Waals surface area contributed by atoms with Crippen molar-refractivity contribution in [1.82, 2.24) is 9.78 Å². The number of carboxylic acids is 2. The van der Waals surface area contributed by atoms with Gasteiger partial charge in [-0.3, -0.25) is 4.68 Å². The number of ether oxygens (including phenoxy) is 1. The number of nitrogens with zero attached hydrogens (tertiary/aromatic N) is 2. The molecule has 0 aliphatic carbocycles. The van der Waals surface area contributed by atoms with Crippen LogP contribution in [0, 0.1) is 0 Å². The van der Waals surface area contributed by atoms with Crippen LogP contribution in [0.15, 0.2) is 41.0 Å². The van der Waals surface area contributed by atoms with Crippen molar-refractivity contribution in [2.75, 3.05) is 6.61 Å². The van der Waals surface area contributed by atoms with Crippen LogP contribution in [0.1, 0.15) is 24.4 Å². The van der Waals surface area contributed by atoms with E-state index in [1.165, 1.54) is 0 Å². The first-order valence-electron chi connectivity index (χ1n) is 8.67. The molecule has 10 heteroatoms. The van der Waals surface area contributed by atoms with Gasteiger partial charge < -0.3 is 25.1 Å². The molecular formula is C19H21N3O7. The molecule has 1 aromatic carbocycles. The molecule has 10 nitrogen and oxygen atoms in total. The summed E-state index contributed by atoms with van der Waals surface area (Å²) in [7, 11) is 0. The summed E-state index contributed by atoms with van der Waals surface area (Å²) in [6.07, 6.45) is 2.90. The van der Waals surface area contributed by atoms with E-state index in [0.717, 1.165) is 16.3 Å². The van der Waals surface area contributed by atoms with Crippen LogP contribution in [0.2, 0.25) is 0 Å². The standard InChI is InChI=1S/C15H17N3O3.C4H4O4/c1-3-20-15(19)13-6-11-12(21-13)5-4-10-7-17-18(14(10)11)8-9(2)16;5-3(6)1-2-4(7)8/h4-7,9H,3,8,16H2,1-2H3;1-2H,(H,5,6)(H,7,8)/b;2-1+/t9-;/m0./s1. The smallest absolute Gasteiger partial charge is 0.374 e. The number of benzene rings is 1. The Morgan fingerprint density at radius 3 is 2.48 bits per heavy atom. The summed E-state index contributed by atoms with van der Waals surface area (Å²) < 4.78 is 12.4. The highest BCUT2D eigenvalue weighted by molar-refractivity contribution is 6.06. The van der Waals surface area contributed by atoms with Crippen molar-refractivity contribution in [3.05, 3.63) is 42.3 Å². The van der Waals surface area contributed by atoms with Crippen LogP contribution in [0.5, 0.6) is 0 Å². The maximum absolute atomic E-state index is 11.8. The SMILES string of the molecule is CCOC(=O)c1cc2c(ccc3cnn(C[C@H](C)N)c32)o1.O=C(O)/C=C/C(=O)O. The Kier molecular flexibility index (Phi) is 7.10. The number of nitrogens with two attached hydrogens (primary N) is 1. The minimum absolute atomic E-state index is 0.0141. The molecule has 0 saturated carbocycles. The van der Waals surface area contributed by atoms with E-state index in [4.69, 9.17) is 25.1 Å². The number of carbonyl (C=O) groups excluding carboxylic acids is 1. The summed E-state index contributed by atoms with van der Waals surface area (Å²) in [5.41, 5.74) is 7.41. The molecule has 154 valence electrons. The molecule has 2 aromatic heterocycles. The maximum atomic E-state index is 11.8. The molecule has 2 heterocycles. The van der Waals surface area contributed by atoms with Gasteiger partial charge in [-0.25, -0.2) is 14.4 Å². The van der Waals surface area contributed by atoms with E-state index >= 15 is 0 Å². The molecule has 0 saturated heterocycles. The highest BCUT2D eigenvalue weighted by Gasteiger charge is 2.17. The molecular weight excluding hydrogens is 382 g/mol. The number of aliphatic carboxylic acids is 2. The van der Waals surface area contributed by atoms with Crippen molar-refractivity contribution in [1.29, 1.82) is 0 Å². The number of rotatable bonds is 6. The van der Waals surface area contributed by atoms with Crippen LogP contribution < -0.4 is 5.73 Å². The summed E-state index contributed by atoms with van der Waals surface area (Å²) in [6, 6.07) is 5.44. The Morgan fingerprint density at radius 1 is 1.28 bits per heavy atom. The van der Waals surface area contributed by atoms with Gasteiger partial charge in [-0.1, -0.05) is 0 Å². The molecule has 0 aliphatic heterocycles. The Morgan fingerprint density at radius 2 is 1.93 bits per heavy atom. The van der Waals surface area contributed by atoms with Crippen LogP contribution in [-0.2, 0) is 20.9 Å². The highest BCUT2D eigenvalue weighted by atomic mass is 16.5. The fraction of sp³-hybridized carbons (Fsp3) is 0.263. The van der Waals surface area contributed by atoms with Gasteiger partial charge in [0.05, 0.1) is 24.9 Å². The summed E-state index contributed by atoms with van der Waals surface area (Å²) in [4.78, 5) is 30.9. The van der Waals surface area contributed by atoms with Crippen molar-refractivity contribution >= 4 is 39.8 Å². The van der Waals surface area contributed by atoms with Gasteiger partial charge in [0.15, 0.2) is 0 Å². The fourth-order valence-electron chi connectivity index (χ4n) is 2.55. The zero-order chi connectivity index (χ0) is 21.6. The van der Waals surface area contributed by atoms with Gasteiger partial charge in [0, 0.05) is 35.0 Å². The second-order valence-corrected chi connectivity index (χ2v) is 6.06. The lowest BCUT2D eigenvalue weighted by atomic mass is 10.2. The molecule has 0 amide bonds. The zero-order valence-corrected chi connectivity index (χ0v) is 15.9. The third kappa shape index (κ3) is 5.66. The van der Waals surface area contributed by atoms with Gasteiger partial charge in [-0.2, -0.15) is 5.10 Å². The van der Waals surface area contributed by atoms with Crippen molar-refractivity contribution in [2.24, 2.45) is 5.73 Å².